The zero-order valence-corrected chi connectivity index (χ0v) is 13.7. The second kappa shape index (κ2) is 6.63. The predicted octanol–water partition coefficient (Wildman–Crippen LogP) is -0.139. The molecule has 2 aliphatic heterocycles. The van der Waals surface area contributed by atoms with Gasteiger partial charge in [0.15, 0.2) is 0 Å². The van der Waals surface area contributed by atoms with Crippen molar-refractivity contribution in [3.05, 3.63) is 16.3 Å². The van der Waals surface area contributed by atoms with E-state index < -0.39 is 10.0 Å². The number of sulfonamides is 1. The van der Waals surface area contributed by atoms with E-state index in [0.29, 0.717) is 26.3 Å². The molecule has 3 heterocycles. The number of nitrogens with zero attached hydrogens (tertiary/aromatic N) is 1. The van der Waals surface area contributed by atoms with Crippen LogP contribution in [0.3, 0.4) is 0 Å². The van der Waals surface area contributed by atoms with Crippen LogP contribution >= 0.6 is 11.3 Å². The number of carbonyl (C=O) groups is 1. The molecule has 7 nitrogen and oxygen atoms in total. The van der Waals surface area contributed by atoms with Crippen LogP contribution in [-0.4, -0.2) is 64.1 Å². The number of ether oxygens (including phenoxy) is 1. The van der Waals surface area contributed by atoms with E-state index in [-0.39, 0.29) is 21.7 Å². The Morgan fingerprint density at radius 1 is 1.41 bits per heavy atom. The fourth-order valence-electron chi connectivity index (χ4n) is 2.62. The van der Waals surface area contributed by atoms with Crippen LogP contribution in [0.2, 0.25) is 0 Å². The molecule has 0 aliphatic carbocycles. The van der Waals surface area contributed by atoms with Crippen LogP contribution in [0.15, 0.2) is 16.3 Å². The van der Waals surface area contributed by atoms with Gasteiger partial charge in [0, 0.05) is 25.7 Å². The molecular weight excluding hydrogens is 326 g/mol. The normalized spacial score (nSPS) is 23.5. The highest BCUT2D eigenvalue weighted by Gasteiger charge is 2.31. The Kier molecular flexibility index (Phi) is 4.79. The van der Waals surface area contributed by atoms with E-state index in [1.165, 1.54) is 10.4 Å². The van der Waals surface area contributed by atoms with Gasteiger partial charge in [-0.3, -0.25) is 4.79 Å². The summed E-state index contributed by atoms with van der Waals surface area (Å²) in [6, 6.07) is 1.57. The fraction of sp³-hybridized carbons (Fsp3) is 0.615. The molecule has 1 atom stereocenters. The third-order valence-corrected chi connectivity index (χ3v) is 6.80. The molecule has 22 heavy (non-hydrogen) atoms. The van der Waals surface area contributed by atoms with Gasteiger partial charge in [-0.15, -0.1) is 11.3 Å². The molecule has 0 radical (unpaired) electrons. The first-order valence-corrected chi connectivity index (χ1v) is 9.58. The molecule has 1 amide bonds. The Balaban J connectivity index is 1.79. The minimum absolute atomic E-state index is 0.0635. The first kappa shape index (κ1) is 15.9. The van der Waals surface area contributed by atoms with Crippen LogP contribution in [0.25, 0.3) is 0 Å². The number of nitrogens with one attached hydrogen (secondary N) is 2. The molecule has 0 bridgehead atoms. The topological polar surface area (TPSA) is 87.7 Å². The van der Waals surface area contributed by atoms with Gasteiger partial charge in [-0.05, 0) is 24.4 Å². The van der Waals surface area contributed by atoms with Gasteiger partial charge >= 0.3 is 0 Å². The van der Waals surface area contributed by atoms with E-state index in [1.807, 2.05) is 0 Å². The predicted molar refractivity (Wildman–Crippen MR) is 82.6 cm³/mol. The van der Waals surface area contributed by atoms with Crippen molar-refractivity contribution in [2.75, 3.05) is 39.4 Å². The minimum atomic E-state index is -3.64. The molecule has 122 valence electrons. The van der Waals surface area contributed by atoms with Gasteiger partial charge < -0.3 is 15.4 Å². The number of amides is 1. The average Bonchev–Trinajstić information content (AvgIpc) is 3.19. The van der Waals surface area contributed by atoms with Crippen LogP contribution in [0.1, 0.15) is 16.1 Å². The lowest BCUT2D eigenvalue weighted by molar-refractivity contribution is 0.0730. The number of hydrogen-bond donors (Lipinski definition) is 2. The van der Waals surface area contributed by atoms with Crippen LogP contribution in [0.4, 0.5) is 0 Å². The quantitative estimate of drug-likeness (QED) is 0.793. The number of carbonyl (C=O) groups excluding carboxylic acids is 1. The molecule has 2 saturated heterocycles. The van der Waals surface area contributed by atoms with Crippen LogP contribution in [0.5, 0.6) is 0 Å². The van der Waals surface area contributed by atoms with Crippen molar-refractivity contribution >= 4 is 27.3 Å². The molecule has 1 aromatic rings. The number of hydrogen-bond acceptors (Lipinski definition) is 6. The standard InChI is InChI=1S/C13H19N3O4S2/c17-13(15-10-1-3-14-9-10)12-11(2-8-21-12)22(18,19)16-4-6-20-7-5-16/h2,8,10,14H,1,3-7,9H2,(H,15,17). The van der Waals surface area contributed by atoms with Gasteiger partial charge in [0.25, 0.3) is 5.91 Å². The summed E-state index contributed by atoms with van der Waals surface area (Å²) in [6.07, 6.45) is 0.864. The van der Waals surface area contributed by atoms with Crippen LogP contribution in [-0.2, 0) is 14.8 Å². The van der Waals surface area contributed by atoms with E-state index in [1.54, 1.807) is 5.38 Å². The Hall–Kier alpha value is -1.00. The Morgan fingerprint density at radius 2 is 2.18 bits per heavy atom. The molecule has 3 rings (SSSR count). The van der Waals surface area contributed by atoms with Crippen molar-refractivity contribution in [2.24, 2.45) is 0 Å². The van der Waals surface area contributed by atoms with Gasteiger partial charge in [-0.25, -0.2) is 8.42 Å². The molecule has 2 N–H and O–H groups in total. The Bertz CT molecular complexity index is 631. The van der Waals surface area contributed by atoms with E-state index in [4.69, 9.17) is 4.74 Å². The van der Waals surface area contributed by atoms with E-state index in [0.717, 1.165) is 30.8 Å². The van der Waals surface area contributed by atoms with Gasteiger partial charge in [0.2, 0.25) is 10.0 Å². The average molecular weight is 345 g/mol. The summed E-state index contributed by atoms with van der Waals surface area (Å²) >= 11 is 1.16. The number of thiophene rings is 1. The molecule has 0 aromatic carbocycles. The first-order chi connectivity index (χ1) is 10.6. The third kappa shape index (κ3) is 3.18. The van der Waals surface area contributed by atoms with Crippen molar-refractivity contribution in [3.8, 4) is 0 Å². The molecular formula is C13H19N3O4S2. The second-order valence-corrected chi connectivity index (χ2v) is 8.12. The summed E-state index contributed by atoms with van der Waals surface area (Å²) in [7, 11) is -3.64. The molecule has 9 heteroatoms. The van der Waals surface area contributed by atoms with Gasteiger partial charge in [-0.2, -0.15) is 4.31 Å². The van der Waals surface area contributed by atoms with E-state index in [9.17, 15) is 13.2 Å². The maximum Gasteiger partial charge on any atom is 0.263 e. The first-order valence-electron chi connectivity index (χ1n) is 7.26. The highest BCUT2D eigenvalue weighted by Crippen LogP contribution is 2.26. The highest BCUT2D eigenvalue weighted by molar-refractivity contribution is 7.89. The zero-order valence-electron chi connectivity index (χ0n) is 12.1. The van der Waals surface area contributed by atoms with Gasteiger partial charge in [0.1, 0.15) is 9.77 Å². The van der Waals surface area contributed by atoms with Crippen molar-refractivity contribution < 1.29 is 17.9 Å². The van der Waals surface area contributed by atoms with Crippen molar-refractivity contribution in [2.45, 2.75) is 17.4 Å². The summed E-state index contributed by atoms with van der Waals surface area (Å²) in [5, 5.41) is 7.71. The molecule has 0 saturated carbocycles. The van der Waals surface area contributed by atoms with Crippen molar-refractivity contribution in [1.29, 1.82) is 0 Å². The Labute approximate surface area is 133 Å². The van der Waals surface area contributed by atoms with Crippen LogP contribution < -0.4 is 10.6 Å². The lowest BCUT2D eigenvalue weighted by Crippen LogP contribution is -2.41. The summed E-state index contributed by atoms with van der Waals surface area (Å²) < 4.78 is 32.0. The fourth-order valence-corrected chi connectivity index (χ4v) is 5.33. The molecule has 0 spiro atoms. The summed E-state index contributed by atoms with van der Waals surface area (Å²) in [4.78, 5) is 12.7. The maximum atomic E-state index is 12.7. The summed E-state index contributed by atoms with van der Waals surface area (Å²) in [6.45, 7) is 3.02. The molecule has 2 aliphatic rings. The summed E-state index contributed by atoms with van der Waals surface area (Å²) in [5.74, 6) is -0.310. The second-order valence-electron chi connectivity index (χ2n) is 5.29. The zero-order chi connectivity index (χ0) is 15.6. The van der Waals surface area contributed by atoms with Crippen molar-refractivity contribution in [1.82, 2.24) is 14.9 Å². The smallest absolute Gasteiger partial charge is 0.263 e. The lowest BCUT2D eigenvalue weighted by Gasteiger charge is -2.26. The Morgan fingerprint density at radius 3 is 2.86 bits per heavy atom. The summed E-state index contributed by atoms with van der Waals surface area (Å²) in [5.41, 5.74) is 0. The SMILES string of the molecule is O=C(NC1CCNC1)c1sccc1S(=O)(=O)N1CCOCC1. The molecule has 1 aromatic heterocycles. The van der Waals surface area contributed by atoms with Crippen LogP contribution in [0, 0.1) is 0 Å². The lowest BCUT2D eigenvalue weighted by atomic mass is 10.2. The van der Waals surface area contributed by atoms with E-state index in [2.05, 4.69) is 10.6 Å². The minimum Gasteiger partial charge on any atom is -0.379 e. The highest BCUT2D eigenvalue weighted by atomic mass is 32.2. The van der Waals surface area contributed by atoms with Gasteiger partial charge in [0.05, 0.1) is 13.2 Å². The molecule has 1 unspecified atom stereocenters. The van der Waals surface area contributed by atoms with Gasteiger partial charge in [-0.1, -0.05) is 0 Å². The van der Waals surface area contributed by atoms with E-state index >= 15 is 0 Å². The third-order valence-electron chi connectivity index (χ3n) is 3.82. The number of morpholine rings is 1. The monoisotopic (exact) mass is 345 g/mol. The number of rotatable bonds is 4. The van der Waals surface area contributed by atoms with Crippen molar-refractivity contribution in [3.63, 3.8) is 0 Å². The maximum absolute atomic E-state index is 12.7. The molecule has 2 fully saturated rings. The largest absolute Gasteiger partial charge is 0.379 e.